The van der Waals surface area contributed by atoms with Crippen LogP contribution in [0, 0.1) is 0 Å². The van der Waals surface area contributed by atoms with Crippen LogP contribution in [-0.4, -0.2) is 11.5 Å². The molecule has 0 fully saturated rings. The van der Waals surface area contributed by atoms with Crippen molar-refractivity contribution in [3.05, 3.63) is 64.7 Å². The fourth-order valence-corrected chi connectivity index (χ4v) is 2.70. The van der Waals surface area contributed by atoms with Crippen LogP contribution in [0.1, 0.15) is 58.7 Å². The second-order valence-electron chi connectivity index (χ2n) is 8.13. The first-order valence-corrected chi connectivity index (χ1v) is 9.23. The van der Waals surface area contributed by atoms with Gasteiger partial charge in [-0.2, -0.15) is 0 Å². The van der Waals surface area contributed by atoms with Crippen molar-refractivity contribution in [1.29, 1.82) is 0 Å². The summed E-state index contributed by atoms with van der Waals surface area (Å²) in [6.45, 7) is 12.0. The predicted molar refractivity (Wildman–Crippen MR) is 108 cm³/mol. The number of hydrogen-bond donors (Lipinski definition) is 1. The summed E-state index contributed by atoms with van der Waals surface area (Å²) in [5.41, 5.74) is 1.45. The molecule has 1 amide bonds. The minimum atomic E-state index is -0.993. The second kappa shape index (κ2) is 7.71. The van der Waals surface area contributed by atoms with E-state index >= 15 is 0 Å². The van der Waals surface area contributed by atoms with E-state index in [0.717, 1.165) is 5.56 Å². The van der Waals surface area contributed by atoms with Crippen LogP contribution >= 0.6 is 11.6 Å². The van der Waals surface area contributed by atoms with Crippen molar-refractivity contribution in [1.82, 2.24) is 5.32 Å². The zero-order chi connectivity index (χ0) is 19.5. The maximum absolute atomic E-state index is 12.7. The molecule has 0 saturated carbocycles. The molecule has 0 radical (unpaired) electrons. The highest BCUT2D eigenvalue weighted by molar-refractivity contribution is 6.30. The van der Waals surface area contributed by atoms with Gasteiger partial charge in [-0.3, -0.25) is 4.79 Å². The van der Waals surface area contributed by atoms with E-state index in [4.69, 9.17) is 16.3 Å². The highest BCUT2D eigenvalue weighted by Gasteiger charge is 2.31. The van der Waals surface area contributed by atoms with Crippen LogP contribution in [0.15, 0.2) is 48.5 Å². The van der Waals surface area contributed by atoms with Crippen LogP contribution in [0.3, 0.4) is 0 Å². The zero-order valence-electron chi connectivity index (χ0n) is 16.4. The van der Waals surface area contributed by atoms with Gasteiger partial charge in [0.25, 0.3) is 5.91 Å². The van der Waals surface area contributed by atoms with Gasteiger partial charge in [-0.05, 0) is 61.6 Å². The van der Waals surface area contributed by atoms with Crippen molar-refractivity contribution < 1.29 is 9.53 Å². The summed E-state index contributed by atoms with van der Waals surface area (Å²) in [4.78, 5) is 12.7. The lowest BCUT2D eigenvalue weighted by Crippen LogP contribution is -2.47. The molecule has 0 aliphatic heterocycles. The van der Waals surface area contributed by atoms with E-state index in [1.54, 1.807) is 38.1 Å². The SMILES string of the molecule is CC(NC(=O)C(C)(C)Oc1ccc(Cl)cc1)c1ccc(C(C)(C)C)cc1. The van der Waals surface area contributed by atoms with Crippen molar-refractivity contribution in [2.45, 2.75) is 58.6 Å². The number of ether oxygens (including phenoxy) is 1. The van der Waals surface area contributed by atoms with Crippen molar-refractivity contribution in [3.8, 4) is 5.75 Å². The van der Waals surface area contributed by atoms with E-state index in [9.17, 15) is 4.79 Å². The quantitative estimate of drug-likeness (QED) is 0.732. The van der Waals surface area contributed by atoms with Crippen LogP contribution in [0.25, 0.3) is 0 Å². The molecule has 0 spiro atoms. The molecule has 2 rings (SSSR count). The summed E-state index contributed by atoms with van der Waals surface area (Å²) in [6.07, 6.45) is 0. The Balaban J connectivity index is 2.03. The van der Waals surface area contributed by atoms with Crippen LogP contribution in [0.5, 0.6) is 5.75 Å². The summed E-state index contributed by atoms with van der Waals surface area (Å²) < 4.78 is 5.85. The maximum atomic E-state index is 12.7. The average Bonchev–Trinajstić information content (AvgIpc) is 2.56. The largest absolute Gasteiger partial charge is 0.478 e. The van der Waals surface area contributed by atoms with Crippen molar-refractivity contribution >= 4 is 17.5 Å². The lowest BCUT2D eigenvalue weighted by molar-refractivity contribution is -0.134. The van der Waals surface area contributed by atoms with Crippen molar-refractivity contribution in [2.24, 2.45) is 0 Å². The Bertz CT molecular complexity index is 743. The Kier molecular flexibility index (Phi) is 6.02. The van der Waals surface area contributed by atoms with Gasteiger partial charge in [0, 0.05) is 5.02 Å². The summed E-state index contributed by atoms with van der Waals surface area (Å²) in [6, 6.07) is 15.3. The molecule has 3 nitrogen and oxygen atoms in total. The molecule has 1 unspecified atom stereocenters. The third-order valence-electron chi connectivity index (χ3n) is 4.36. The van der Waals surface area contributed by atoms with Gasteiger partial charge in [-0.15, -0.1) is 0 Å². The Labute approximate surface area is 161 Å². The third kappa shape index (κ3) is 5.25. The standard InChI is InChI=1S/C22H28ClNO2/c1-15(16-7-9-17(10-8-16)21(2,3)4)24-20(25)22(5,6)26-19-13-11-18(23)12-14-19/h7-15H,1-6H3,(H,24,25). The van der Waals surface area contributed by atoms with Crippen LogP contribution < -0.4 is 10.1 Å². The number of halogens is 1. The first-order valence-electron chi connectivity index (χ1n) is 8.85. The first kappa shape index (κ1) is 20.3. The Morgan fingerprint density at radius 1 is 0.962 bits per heavy atom. The predicted octanol–water partition coefficient (Wildman–Crippen LogP) is 5.67. The smallest absolute Gasteiger partial charge is 0.264 e. The molecular formula is C22H28ClNO2. The van der Waals surface area contributed by atoms with Crippen LogP contribution in [0.2, 0.25) is 5.02 Å². The lowest BCUT2D eigenvalue weighted by Gasteiger charge is -2.27. The average molecular weight is 374 g/mol. The minimum absolute atomic E-state index is 0.107. The molecule has 0 aliphatic carbocycles. The van der Waals surface area contributed by atoms with Crippen molar-refractivity contribution in [2.75, 3.05) is 0 Å². The Hall–Kier alpha value is -2.00. The molecule has 0 bridgehead atoms. The van der Waals surface area contributed by atoms with E-state index in [-0.39, 0.29) is 17.4 Å². The number of benzene rings is 2. The summed E-state index contributed by atoms with van der Waals surface area (Å²) in [5, 5.41) is 3.67. The molecule has 140 valence electrons. The zero-order valence-corrected chi connectivity index (χ0v) is 17.1. The van der Waals surface area contributed by atoms with Gasteiger partial charge >= 0.3 is 0 Å². The van der Waals surface area contributed by atoms with Gasteiger partial charge in [0.1, 0.15) is 5.75 Å². The van der Waals surface area contributed by atoms with Gasteiger partial charge in [0.2, 0.25) is 0 Å². The summed E-state index contributed by atoms with van der Waals surface area (Å²) >= 11 is 5.89. The van der Waals surface area contributed by atoms with Gasteiger partial charge in [0.05, 0.1) is 6.04 Å². The molecule has 1 N–H and O–H groups in total. The molecule has 0 aromatic heterocycles. The molecular weight excluding hydrogens is 346 g/mol. The molecule has 1 atom stereocenters. The fraction of sp³-hybridized carbons (Fsp3) is 0.409. The van der Waals surface area contributed by atoms with Crippen LogP contribution in [0.4, 0.5) is 0 Å². The van der Waals surface area contributed by atoms with E-state index in [0.29, 0.717) is 10.8 Å². The van der Waals surface area contributed by atoms with E-state index in [1.807, 2.05) is 6.92 Å². The Morgan fingerprint density at radius 3 is 2.00 bits per heavy atom. The fourth-order valence-electron chi connectivity index (χ4n) is 2.57. The van der Waals surface area contributed by atoms with Gasteiger partial charge in [-0.1, -0.05) is 56.6 Å². The number of amides is 1. The van der Waals surface area contributed by atoms with E-state index in [2.05, 4.69) is 50.4 Å². The highest BCUT2D eigenvalue weighted by atomic mass is 35.5. The van der Waals surface area contributed by atoms with Gasteiger partial charge in [0.15, 0.2) is 5.60 Å². The molecule has 4 heteroatoms. The molecule has 0 aliphatic rings. The monoisotopic (exact) mass is 373 g/mol. The second-order valence-corrected chi connectivity index (χ2v) is 8.57. The van der Waals surface area contributed by atoms with Crippen molar-refractivity contribution in [3.63, 3.8) is 0 Å². The number of rotatable bonds is 5. The molecule has 26 heavy (non-hydrogen) atoms. The van der Waals surface area contributed by atoms with Gasteiger partial charge in [-0.25, -0.2) is 0 Å². The maximum Gasteiger partial charge on any atom is 0.264 e. The van der Waals surface area contributed by atoms with Gasteiger partial charge < -0.3 is 10.1 Å². The normalized spacial score (nSPS) is 13.2. The summed E-state index contributed by atoms with van der Waals surface area (Å²) in [7, 11) is 0. The van der Waals surface area contributed by atoms with Crippen LogP contribution in [-0.2, 0) is 10.2 Å². The number of carbonyl (C=O) groups is 1. The summed E-state index contributed by atoms with van der Waals surface area (Å²) in [5.74, 6) is 0.441. The molecule has 2 aromatic rings. The minimum Gasteiger partial charge on any atom is -0.478 e. The Morgan fingerprint density at radius 2 is 1.50 bits per heavy atom. The number of hydrogen-bond acceptors (Lipinski definition) is 2. The molecule has 0 heterocycles. The number of carbonyl (C=O) groups excluding carboxylic acids is 1. The third-order valence-corrected chi connectivity index (χ3v) is 4.61. The molecule has 2 aromatic carbocycles. The lowest BCUT2D eigenvalue weighted by atomic mass is 9.86. The van der Waals surface area contributed by atoms with E-state index < -0.39 is 5.60 Å². The number of nitrogens with one attached hydrogen (secondary N) is 1. The topological polar surface area (TPSA) is 38.3 Å². The molecule has 0 saturated heterocycles. The highest BCUT2D eigenvalue weighted by Crippen LogP contribution is 2.25. The van der Waals surface area contributed by atoms with E-state index in [1.165, 1.54) is 5.56 Å². The first-order chi connectivity index (χ1) is 12.0.